The minimum Gasteiger partial charge on any atom is -0.490 e. The summed E-state index contributed by atoms with van der Waals surface area (Å²) in [6.45, 7) is 7.09. The van der Waals surface area contributed by atoms with E-state index in [-0.39, 0.29) is 11.1 Å². The maximum Gasteiger partial charge on any atom is 0.264 e. The predicted octanol–water partition coefficient (Wildman–Crippen LogP) is 5.37. The van der Waals surface area contributed by atoms with Gasteiger partial charge in [0.1, 0.15) is 24.7 Å². The number of carbonyl (C=O) groups excluding carboxylic acids is 1. The van der Waals surface area contributed by atoms with Crippen LogP contribution in [-0.2, 0) is 4.79 Å². The highest BCUT2D eigenvalue weighted by Gasteiger charge is 2.22. The van der Waals surface area contributed by atoms with E-state index in [0.717, 1.165) is 28.6 Å². The molecule has 7 heteroatoms. The molecule has 1 aliphatic rings. The molecule has 0 aromatic heterocycles. The Morgan fingerprint density at radius 3 is 2.48 bits per heavy atom. The Bertz CT molecular complexity index is 973. The highest BCUT2D eigenvalue weighted by molar-refractivity contribution is 8.18. The molecule has 2 N–H and O–H groups in total. The fourth-order valence-electron chi connectivity index (χ4n) is 2.86. The number of halogens is 1. The lowest BCUT2D eigenvalue weighted by Crippen LogP contribution is -2.18. The van der Waals surface area contributed by atoms with Gasteiger partial charge in [-0.25, -0.2) is 0 Å². The van der Waals surface area contributed by atoms with Gasteiger partial charge in [0, 0.05) is 0 Å². The number of nitrogens with one attached hydrogen (secondary N) is 2. The first-order chi connectivity index (χ1) is 13.8. The van der Waals surface area contributed by atoms with Gasteiger partial charge in [-0.1, -0.05) is 43.6 Å². The van der Waals surface area contributed by atoms with Crippen molar-refractivity contribution in [3.8, 4) is 11.5 Å². The summed E-state index contributed by atoms with van der Waals surface area (Å²) >= 11 is 7.41. The van der Waals surface area contributed by atoms with Crippen LogP contribution >= 0.6 is 23.4 Å². The second-order valence-electron chi connectivity index (χ2n) is 6.98. The normalized spacial score (nSPS) is 15.1. The smallest absolute Gasteiger partial charge is 0.264 e. The van der Waals surface area contributed by atoms with Crippen LogP contribution in [-0.4, -0.2) is 24.3 Å². The van der Waals surface area contributed by atoms with Crippen LogP contribution < -0.4 is 14.8 Å². The molecule has 1 heterocycles. The van der Waals surface area contributed by atoms with E-state index in [0.29, 0.717) is 34.8 Å². The first-order valence-electron chi connectivity index (χ1n) is 9.28. The van der Waals surface area contributed by atoms with Crippen molar-refractivity contribution in [2.24, 2.45) is 0 Å². The van der Waals surface area contributed by atoms with Crippen molar-refractivity contribution in [2.75, 3.05) is 13.2 Å². The number of carbonyl (C=O) groups is 1. The Kier molecular flexibility index (Phi) is 6.87. The van der Waals surface area contributed by atoms with Gasteiger partial charge in [0.15, 0.2) is 5.17 Å². The average Bonchev–Trinajstić information content (AvgIpc) is 2.97. The molecule has 29 heavy (non-hydrogen) atoms. The van der Waals surface area contributed by atoms with Gasteiger partial charge in [0.05, 0.1) is 9.93 Å². The maximum atomic E-state index is 11.7. The van der Waals surface area contributed by atoms with Crippen LogP contribution in [0.1, 0.15) is 36.5 Å². The van der Waals surface area contributed by atoms with E-state index in [9.17, 15) is 4.79 Å². The molecule has 1 saturated heterocycles. The summed E-state index contributed by atoms with van der Waals surface area (Å²) < 4.78 is 11.7. The molecule has 0 unspecified atom stereocenters. The summed E-state index contributed by atoms with van der Waals surface area (Å²) in [6.07, 6.45) is 1.70. The Morgan fingerprint density at radius 1 is 1.14 bits per heavy atom. The number of ether oxygens (including phenoxy) is 2. The van der Waals surface area contributed by atoms with Crippen molar-refractivity contribution in [3.05, 3.63) is 63.0 Å². The number of benzene rings is 2. The van der Waals surface area contributed by atoms with Crippen LogP contribution in [0.3, 0.4) is 0 Å². The molecule has 2 aromatic rings. The second kappa shape index (κ2) is 9.37. The minimum absolute atomic E-state index is 0.126. The summed E-state index contributed by atoms with van der Waals surface area (Å²) in [5.41, 5.74) is 3.10. The van der Waals surface area contributed by atoms with E-state index < -0.39 is 0 Å². The number of amidine groups is 1. The molecular weight excluding hydrogens is 408 g/mol. The van der Waals surface area contributed by atoms with Crippen molar-refractivity contribution in [1.82, 2.24) is 5.32 Å². The summed E-state index contributed by atoms with van der Waals surface area (Å²) in [6, 6.07) is 11.6. The Labute approximate surface area is 179 Å². The number of hydrogen-bond acceptors (Lipinski definition) is 5. The average molecular weight is 431 g/mol. The summed E-state index contributed by atoms with van der Waals surface area (Å²) in [5.74, 6) is 1.55. The van der Waals surface area contributed by atoms with Gasteiger partial charge < -0.3 is 14.8 Å². The maximum absolute atomic E-state index is 11.7. The molecule has 0 saturated carbocycles. The summed E-state index contributed by atoms with van der Waals surface area (Å²) in [7, 11) is 0. The Balaban J connectivity index is 1.58. The van der Waals surface area contributed by atoms with Crippen molar-refractivity contribution >= 4 is 40.5 Å². The van der Waals surface area contributed by atoms with Crippen LogP contribution in [0.25, 0.3) is 6.08 Å². The third-order valence-corrected chi connectivity index (χ3v) is 5.43. The van der Waals surface area contributed by atoms with E-state index in [1.54, 1.807) is 18.2 Å². The summed E-state index contributed by atoms with van der Waals surface area (Å²) in [4.78, 5) is 12.2. The monoisotopic (exact) mass is 430 g/mol. The zero-order valence-electron chi connectivity index (χ0n) is 16.5. The molecule has 0 bridgehead atoms. The standard InChI is InChI=1S/C22H23ClN2O3S/c1-13(2)16-6-4-14(3)10-19(16)28-9-8-27-18-7-5-15(11-17(18)23)12-20-21(26)25-22(24)29-20/h4-7,10-13H,8-9H2,1-3H3,(H2,24,25,26). The van der Waals surface area contributed by atoms with Gasteiger partial charge in [-0.2, -0.15) is 0 Å². The van der Waals surface area contributed by atoms with E-state index in [2.05, 4.69) is 31.3 Å². The number of hydrogen-bond donors (Lipinski definition) is 2. The lowest BCUT2D eigenvalue weighted by Gasteiger charge is -2.15. The minimum atomic E-state index is -0.273. The number of rotatable bonds is 7. The molecule has 152 valence electrons. The van der Waals surface area contributed by atoms with E-state index in [1.165, 1.54) is 5.56 Å². The molecule has 0 aliphatic carbocycles. The van der Waals surface area contributed by atoms with E-state index in [1.807, 2.05) is 19.1 Å². The Hall–Kier alpha value is -2.44. The molecule has 0 atom stereocenters. The largest absolute Gasteiger partial charge is 0.490 e. The van der Waals surface area contributed by atoms with Crippen LogP contribution in [0.5, 0.6) is 11.5 Å². The van der Waals surface area contributed by atoms with Crippen LogP contribution in [0.15, 0.2) is 41.3 Å². The molecular formula is C22H23ClN2O3S. The van der Waals surface area contributed by atoms with Crippen molar-refractivity contribution in [3.63, 3.8) is 0 Å². The highest BCUT2D eigenvalue weighted by atomic mass is 35.5. The number of amides is 1. The molecule has 1 fully saturated rings. The predicted molar refractivity (Wildman–Crippen MR) is 119 cm³/mol. The van der Waals surface area contributed by atoms with E-state index in [4.69, 9.17) is 26.5 Å². The summed E-state index contributed by atoms with van der Waals surface area (Å²) in [5, 5.41) is 10.5. The van der Waals surface area contributed by atoms with Crippen molar-refractivity contribution in [2.45, 2.75) is 26.7 Å². The van der Waals surface area contributed by atoms with Crippen molar-refractivity contribution < 1.29 is 14.3 Å². The van der Waals surface area contributed by atoms with Gasteiger partial charge in [-0.05, 0) is 65.6 Å². The third-order valence-electron chi connectivity index (χ3n) is 4.31. The molecule has 3 rings (SSSR count). The van der Waals surface area contributed by atoms with E-state index >= 15 is 0 Å². The van der Waals surface area contributed by atoms with Gasteiger partial charge in [0.25, 0.3) is 5.91 Å². The third kappa shape index (κ3) is 5.55. The Morgan fingerprint density at radius 2 is 1.86 bits per heavy atom. The topological polar surface area (TPSA) is 71.4 Å². The van der Waals surface area contributed by atoms with Gasteiger partial charge in [-0.3, -0.25) is 10.2 Å². The fraction of sp³-hybridized carbons (Fsp3) is 0.273. The number of thioether (sulfide) groups is 1. The zero-order valence-corrected chi connectivity index (χ0v) is 18.1. The van der Waals surface area contributed by atoms with Crippen LogP contribution in [0.2, 0.25) is 5.02 Å². The lowest BCUT2D eigenvalue weighted by molar-refractivity contribution is -0.115. The molecule has 0 spiro atoms. The van der Waals surface area contributed by atoms with Gasteiger partial charge in [0.2, 0.25) is 0 Å². The SMILES string of the molecule is Cc1ccc(C(C)C)c(OCCOc2ccc(C=C3SC(=N)NC3=O)cc2Cl)c1. The fourth-order valence-corrected chi connectivity index (χ4v) is 3.81. The van der Waals surface area contributed by atoms with Gasteiger partial charge in [-0.15, -0.1) is 0 Å². The van der Waals surface area contributed by atoms with Crippen LogP contribution in [0, 0.1) is 12.3 Å². The highest BCUT2D eigenvalue weighted by Crippen LogP contribution is 2.30. The molecule has 1 aliphatic heterocycles. The zero-order chi connectivity index (χ0) is 21.0. The van der Waals surface area contributed by atoms with Crippen LogP contribution in [0.4, 0.5) is 0 Å². The molecule has 2 aromatic carbocycles. The molecule has 0 radical (unpaired) electrons. The second-order valence-corrected chi connectivity index (χ2v) is 8.44. The first-order valence-corrected chi connectivity index (χ1v) is 10.5. The molecule has 5 nitrogen and oxygen atoms in total. The van der Waals surface area contributed by atoms with Crippen molar-refractivity contribution in [1.29, 1.82) is 5.41 Å². The molecule has 1 amide bonds. The first kappa shape index (κ1) is 21.3. The quantitative estimate of drug-likeness (QED) is 0.457. The number of aryl methyl sites for hydroxylation is 1. The lowest BCUT2D eigenvalue weighted by atomic mass is 10.0. The van der Waals surface area contributed by atoms with Gasteiger partial charge >= 0.3 is 0 Å².